The van der Waals surface area contributed by atoms with E-state index in [0.717, 1.165) is 34.3 Å². The van der Waals surface area contributed by atoms with Crippen molar-refractivity contribution in [2.24, 2.45) is 5.10 Å². The highest BCUT2D eigenvalue weighted by atomic mass is 16.6. The number of aromatic nitrogens is 1. The molecule has 0 fully saturated rings. The molecule has 0 atom stereocenters. The van der Waals surface area contributed by atoms with Gasteiger partial charge in [-0.05, 0) is 51.5 Å². The summed E-state index contributed by atoms with van der Waals surface area (Å²) in [5.74, 6) is 0. The number of hydrazone groups is 1. The summed E-state index contributed by atoms with van der Waals surface area (Å²) in [7, 11) is 0. The molecule has 3 rings (SSSR count). The lowest BCUT2D eigenvalue weighted by atomic mass is 10.1. The van der Waals surface area contributed by atoms with Gasteiger partial charge in [0, 0.05) is 28.7 Å². The fourth-order valence-electron chi connectivity index (χ4n) is 3.40. The van der Waals surface area contributed by atoms with Crippen molar-refractivity contribution in [3.8, 4) is 5.69 Å². The second kappa shape index (κ2) is 8.16. The molecule has 0 radical (unpaired) electrons. The summed E-state index contributed by atoms with van der Waals surface area (Å²) in [4.78, 5) is 20.7. The first-order valence-corrected chi connectivity index (χ1v) is 9.17. The quantitative estimate of drug-likeness (QED) is 0.352. The molecule has 9 nitrogen and oxygen atoms in total. The van der Waals surface area contributed by atoms with E-state index in [1.54, 1.807) is 6.21 Å². The minimum atomic E-state index is -0.684. The first-order chi connectivity index (χ1) is 14.2. The highest BCUT2D eigenvalue weighted by Gasteiger charge is 2.19. The van der Waals surface area contributed by atoms with Gasteiger partial charge in [-0.2, -0.15) is 5.10 Å². The number of rotatable bonds is 6. The maximum atomic E-state index is 11.2. The minimum absolute atomic E-state index is 0.0741. The van der Waals surface area contributed by atoms with E-state index >= 15 is 0 Å². The molecule has 3 aromatic rings. The number of nitro groups is 2. The molecule has 154 valence electrons. The van der Waals surface area contributed by atoms with E-state index in [9.17, 15) is 20.2 Å². The van der Waals surface area contributed by atoms with E-state index in [1.807, 2.05) is 26.8 Å². The average molecular weight is 407 g/mol. The molecule has 1 N–H and O–H groups in total. The highest BCUT2D eigenvalue weighted by Crippen LogP contribution is 2.29. The molecule has 0 saturated carbocycles. The van der Waals surface area contributed by atoms with Gasteiger partial charge in [0.1, 0.15) is 5.69 Å². The maximum Gasteiger partial charge on any atom is 0.301 e. The third kappa shape index (κ3) is 4.04. The van der Waals surface area contributed by atoms with E-state index in [1.165, 1.54) is 17.7 Å². The summed E-state index contributed by atoms with van der Waals surface area (Å²) in [5.41, 5.74) is 8.20. The van der Waals surface area contributed by atoms with Crippen LogP contribution in [-0.2, 0) is 0 Å². The highest BCUT2D eigenvalue weighted by molar-refractivity contribution is 5.83. The van der Waals surface area contributed by atoms with Crippen LogP contribution < -0.4 is 5.43 Å². The molecular formula is C21H21N5O4. The van der Waals surface area contributed by atoms with Crippen molar-refractivity contribution in [1.82, 2.24) is 4.57 Å². The van der Waals surface area contributed by atoms with Gasteiger partial charge < -0.3 is 4.57 Å². The van der Waals surface area contributed by atoms with Crippen LogP contribution in [0.3, 0.4) is 0 Å². The van der Waals surface area contributed by atoms with Crippen molar-refractivity contribution in [2.45, 2.75) is 27.7 Å². The van der Waals surface area contributed by atoms with E-state index in [4.69, 9.17) is 0 Å². The van der Waals surface area contributed by atoms with Crippen molar-refractivity contribution in [2.75, 3.05) is 5.43 Å². The van der Waals surface area contributed by atoms with Crippen LogP contribution in [0.5, 0.6) is 0 Å². The van der Waals surface area contributed by atoms with Crippen LogP contribution in [0, 0.1) is 47.9 Å². The lowest BCUT2D eigenvalue weighted by Gasteiger charge is -2.13. The third-order valence-corrected chi connectivity index (χ3v) is 4.84. The van der Waals surface area contributed by atoms with Gasteiger partial charge >= 0.3 is 5.69 Å². The van der Waals surface area contributed by atoms with Crippen LogP contribution in [0.1, 0.15) is 28.1 Å². The van der Waals surface area contributed by atoms with E-state index in [2.05, 4.69) is 40.2 Å². The molecule has 0 aliphatic carbocycles. The number of hydrogen-bond donors (Lipinski definition) is 1. The zero-order valence-electron chi connectivity index (χ0n) is 17.0. The molecule has 1 heterocycles. The fraction of sp³-hybridized carbons (Fsp3) is 0.190. The summed E-state index contributed by atoms with van der Waals surface area (Å²) < 4.78 is 2.13. The molecule has 0 aliphatic rings. The number of non-ortho nitro benzene ring substituents is 1. The van der Waals surface area contributed by atoms with Crippen LogP contribution in [0.15, 0.2) is 47.6 Å². The predicted octanol–water partition coefficient (Wildman–Crippen LogP) is 4.97. The van der Waals surface area contributed by atoms with Crippen LogP contribution in [-0.4, -0.2) is 20.6 Å². The van der Waals surface area contributed by atoms with Crippen LogP contribution >= 0.6 is 0 Å². The molecule has 0 bridgehead atoms. The van der Waals surface area contributed by atoms with Crippen LogP contribution in [0.4, 0.5) is 17.1 Å². The van der Waals surface area contributed by atoms with Crippen molar-refractivity contribution < 1.29 is 9.85 Å². The number of hydrogen-bond acceptors (Lipinski definition) is 6. The van der Waals surface area contributed by atoms with Crippen LogP contribution in [0.2, 0.25) is 0 Å². The minimum Gasteiger partial charge on any atom is -0.318 e. The molecule has 9 heteroatoms. The molecule has 0 amide bonds. The molecular weight excluding hydrogens is 386 g/mol. The Morgan fingerprint density at radius 2 is 1.70 bits per heavy atom. The van der Waals surface area contributed by atoms with Gasteiger partial charge in [0.05, 0.1) is 22.1 Å². The number of nitrogens with zero attached hydrogens (tertiary/aromatic N) is 4. The molecule has 30 heavy (non-hydrogen) atoms. The summed E-state index contributed by atoms with van der Waals surface area (Å²) in [5, 5.41) is 26.2. The lowest BCUT2D eigenvalue weighted by molar-refractivity contribution is -0.393. The van der Waals surface area contributed by atoms with Gasteiger partial charge in [0.15, 0.2) is 0 Å². The number of benzene rings is 2. The van der Waals surface area contributed by atoms with E-state index < -0.39 is 15.5 Å². The second-order valence-electron chi connectivity index (χ2n) is 7.04. The van der Waals surface area contributed by atoms with Gasteiger partial charge in [-0.25, -0.2) is 0 Å². The third-order valence-electron chi connectivity index (χ3n) is 4.84. The number of aryl methyl sites for hydroxylation is 3. The predicted molar refractivity (Wildman–Crippen MR) is 116 cm³/mol. The molecule has 0 spiro atoms. The Morgan fingerprint density at radius 3 is 2.33 bits per heavy atom. The smallest absolute Gasteiger partial charge is 0.301 e. The first kappa shape index (κ1) is 20.7. The van der Waals surface area contributed by atoms with Gasteiger partial charge in [0.25, 0.3) is 5.69 Å². The van der Waals surface area contributed by atoms with Crippen molar-refractivity contribution in [3.63, 3.8) is 0 Å². The number of nitro benzene ring substituents is 2. The van der Waals surface area contributed by atoms with Crippen molar-refractivity contribution in [3.05, 3.63) is 90.8 Å². The Morgan fingerprint density at radius 1 is 0.967 bits per heavy atom. The zero-order valence-corrected chi connectivity index (χ0v) is 17.0. The molecule has 0 aliphatic heterocycles. The summed E-state index contributed by atoms with van der Waals surface area (Å²) in [6, 6.07) is 11.6. The first-order valence-electron chi connectivity index (χ1n) is 9.17. The van der Waals surface area contributed by atoms with Crippen molar-refractivity contribution >= 4 is 23.3 Å². The van der Waals surface area contributed by atoms with Crippen molar-refractivity contribution in [1.29, 1.82) is 0 Å². The normalized spacial score (nSPS) is 11.1. The van der Waals surface area contributed by atoms with E-state index in [0.29, 0.717) is 0 Å². The number of nitrogens with one attached hydrogen (secondary N) is 1. The Balaban J connectivity index is 1.90. The topological polar surface area (TPSA) is 116 Å². The monoisotopic (exact) mass is 407 g/mol. The summed E-state index contributed by atoms with van der Waals surface area (Å²) in [6.45, 7) is 8.08. The largest absolute Gasteiger partial charge is 0.318 e. The average Bonchev–Trinajstić information content (AvgIpc) is 2.95. The Labute approximate surface area is 173 Å². The van der Waals surface area contributed by atoms with Gasteiger partial charge in [0.2, 0.25) is 0 Å². The molecule has 2 aromatic carbocycles. The lowest BCUT2D eigenvalue weighted by Crippen LogP contribution is -2.02. The fourth-order valence-corrected chi connectivity index (χ4v) is 3.40. The summed E-state index contributed by atoms with van der Waals surface area (Å²) in [6.07, 6.45) is 1.58. The second-order valence-corrected chi connectivity index (χ2v) is 7.04. The Kier molecular flexibility index (Phi) is 5.63. The maximum absolute atomic E-state index is 11.2. The summed E-state index contributed by atoms with van der Waals surface area (Å²) >= 11 is 0. The molecule has 0 saturated heterocycles. The Hall–Kier alpha value is -4.01. The Bertz CT molecular complexity index is 1180. The zero-order chi connectivity index (χ0) is 22.0. The van der Waals surface area contributed by atoms with E-state index in [-0.39, 0.29) is 11.4 Å². The number of anilines is 1. The van der Waals surface area contributed by atoms with Gasteiger partial charge in [-0.1, -0.05) is 17.7 Å². The molecule has 0 unspecified atom stereocenters. The molecule has 1 aromatic heterocycles. The van der Waals surface area contributed by atoms with Gasteiger partial charge in [-0.3, -0.25) is 25.7 Å². The standard InChI is InChI=1S/C21H21N5O4/c1-13-5-8-20(14(2)9-13)24-15(3)10-17(16(24)4)12-22-23-19-7-6-18(25(27)28)11-21(19)26(29)30/h5-12,23H,1-4H3/b22-12+. The van der Waals surface area contributed by atoms with Crippen LogP contribution in [0.25, 0.3) is 5.69 Å². The SMILES string of the molecule is Cc1ccc(-n2c(C)cc(/C=N/Nc3ccc([N+](=O)[O-])cc3[N+](=O)[O-])c2C)c(C)c1. The van der Waals surface area contributed by atoms with Gasteiger partial charge in [-0.15, -0.1) is 0 Å².